The van der Waals surface area contributed by atoms with Crippen LogP contribution in [-0.4, -0.2) is 25.8 Å². The minimum atomic E-state index is -3.44. The first-order valence-corrected chi connectivity index (χ1v) is 8.98. The van der Waals surface area contributed by atoms with E-state index in [9.17, 15) is 8.42 Å². The molecule has 1 aromatic carbocycles. The number of piperidine rings is 1. The smallest absolute Gasteiger partial charge is 0.244 e. The maximum Gasteiger partial charge on any atom is 0.244 e. The standard InChI is InChI=1S/C14H21BrN2O2S/c1-14(2)6-3-7-17(10-14)20(18,19)13-5-4-11(9-16)8-12(13)15/h4-5,8H,3,6-7,9-10,16H2,1-2H3. The lowest BCUT2D eigenvalue weighted by molar-refractivity contribution is 0.187. The number of halogens is 1. The van der Waals surface area contributed by atoms with Crippen LogP contribution in [0.4, 0.5) is 0 Å². The molecule has 0 unspecified atom stereocenters. The number of hydrogen-bond donors (Lipinski definition) is 1. The van der Waals surface area contributed by atoms with Crippen molar-refractivity contribution in [1.82, 2.24) is 4.31 Å². The van der Waals surface area contributed by atoms with Crippen molar-refractivity contribution in [3.63, 3.8) is 0 Å². The highest BCUT2D eigenvalue weighted by Crippen LogP contribution is 2.33. The summed E-state index contributed by atoms with van der Waals surface area (Å²) in [6.45, 7) is 5.79. The summed E-state index contributed by atoms with van der Waals surface area (Å²) in [6.07, 6.45) is 1.97. The monoisotopic (exact) mass is 360 g/mol. The molecule has 2 rings (SSSR count). The molecule has 2 N–H and O–H groups in total. The van der Waals surface area contributed by atoms with Crippen molar-refractivity contribution in [3.8, 4) is 0 Å². The number of nitrogens with zero attached hydrogens (tertiary/aromatic N) is 1. The van der Waals surface area contributed by atoms with Gasteiger partial charge in [-0.1, -0.05) is 19.9 Å². The largest absolute Gasteiger partial charge is 0.326 e. The highest BCUT2D eigenvalue weighted by Gasteiger charge is 2.34. The first-order valence-electron chi connectivity index (χ1n) is 6.75. The average molecular weight is 361 g/mol. The van der Waals surface area contributed by atoms with Crippen LogP contribution in [0.15, 0.2) is 27.6 Å². The van der Waals surface area contributed by atoms with Gasteiger partial charge in [-0.05, 0) is 51.9 Å². The van der Waals surface area contributed by atoms with Crippen molar-refractivity contribution in [2.24, 2.45) is 11.1 Å². The second-order valence-corrected chi connectivity index (χ2v) is 8.84. The Balaban J connectivity index is 2.35. The number of nitrogens with two attached hydrogens (primary N) is 1. The van der Waals surface area contributed by atoms with Gasteiger partial charge in [0.1, 0.15) is 0 Å². The van der Waals surface area contributed by atoms with Crippen molar-refractivity contribution in [3.05, 3.63) is 28.2 Å². The molecule has 0 saturated carbocycles. The number of hydrogen-bond acceptors (Lipinski definition) is 3. The lowest BCUT2D eigenvalue weighted by Crippen LogP contribution is -2.43. The normalized spacial score (nSPS) is 20.0. The molecule has 4 nitrogen and oxygen atoms in total. The Morgan fingerprint density at radius 1 is 1.40 bits per heavy atom. The van der Waals surface area contributed by atoms with Gasteiger partial charge in [0.15, 0.2) is 0 Å². The second kappa shape index (κ2) is 5.75. The Hall–Kier alpha value is -0.430. The number of sulfonamides is 1. The summed E-state index contributed by atoms with van der Waals surface area (Å²) < 4.78 is 27.7. The summed E-state index contributed by atoms with van der Waals surface area (Å²) in [5.74, 6) is 0. The van der Waals surface area contributed by atoms with E-state index in [-0.39, 0.29) is 5.41 Å². The Morgan fingerprint density at radius 3 is 2.65 bits per heavy atom. The molecule has 0 bridgehead atoms. The van der Waals surface area contributed by atoms with Gasteiger partial charge in [-0.3, -0.25) is 0 Å². The van der Waals surface area contributed by atoms with E-state index in [0.29, 0.717) is 29.0 Å². The molecule has 0 aliphatic carbocycles. The molecule has 1 heterocycles. The van der Waals surface area contributed by atoms with Crippen LogP contribution in [0.1, 0.15) is 32.3 Å². The molecule has 1 aliphatic rings. The van der Waals surface area contributed by atoms with Gasteiger partial charge in [0, 0.05) is 24.1 Å². The number of benzene rings is 1. The Labute approximate surface area is 129 Å². The Morgan fingerprint density at radius 2 is 2.10 bits per heavy atom. The Bertz CT molecular complexity index is 599. The minimum absolute atomic E-state index is 0.0367. The fraction of sp³-hybridized carbons (Fsp3) is 0.571. The van der Waals surface area contributed by atoms with E-state index in [0.717, 1.165) is 18.4 Å². The summed E-state index contributed by atoms with van der Waals surface area (Å²) in [4.78, 5) is 0.326. The summed E-state index contributed by atoms with van der Waals surface area (Å²) in [5.41, 5.74) is 6.52. The SMILES string of the molecule is CC1(C)CCCN(S(=O)(=O)c2ccc(CN)cc2Br)C1. The molecule has 112 valence electrons. The van der Waals surface area contributed by atoms with Crippen LogP contribution < -0.4 is 5.73 Å². The third kappa shape index (κ3) is 3.24. The zero-order chi connectivity index (χ0) is 15.0. The van der Waals surface area contributed by atoms with Gasteiger partial charge < -0.3 is 5.73 Å². The van der Waals surface area contributed by atoms with E-state index in [4.69, 9.17) is 5.73 Å². The highest BCUT2D eigenvalue weighted by atomic mass is 79.9. The third-order valence-electron chi connectivity index (χ3n) is 3.72. The first-order chi connectivity index (χ1) is 9.26. The van der Waals surface area contributed by atoms with Crippen LogP contribution in [0, 0.1) is 5.41 Å². The molecule has 1 fully saturated rings. The molecule has 0 spiro atoms. The van der Waals surface area contributed by atoms with Crippen LogP contribution >= 0.6 is 15.9 Å². The average Bonchev–Trinajstić information content (AvgIpc) is 2.37. The lowest BCUT2D eigenvalue weighted by atomic mass is 9.85. The molecule has 0 amide bonds. The first kappa shape index (κ1) is 15.9. The van der Waals surface area contributed by atoms with Crippen LogP contribution in [0.25, 0.3) is 0 Å². The fourth-order valence-corrected chi connectivity index (χ4v) is 5.35. The molecule has 6 heteroatoms. The van der Waals surface area contributed by atoms with E-state index < -0.39 is 10.0 Å². The number of rotatable bonds is 3. The van der Waals surface area contributed by atoms with E-state index >= 15 is 0 Å². The fourth-order valence-electron chi connectivity index (χ4n) is 2.59. The predicted molar refractivity (Wildman–Crippen MR) is 83.8 cm³/mol. The van der Waals surface area contributed by atoms with Crippen molar-refractivity contribution in [1.29, 1.82) is 0 Å². The lowest BCUT2D eigenvalue weighted by Gasteiger charge is -2.37. The minimum Gasteiger partial charge on any atom is -0.326 e. The molecule has 1 aliphatic heterocycles. The molecule has 1 saturated heterocycles. The zero-order valence-corrected chi connectivity index (χ0v) is 14.3. The quantitative estimate of drug-likeness (QED) is 0.900. The van der Waals surface area contributed by atoms with Crippen molar-refractivity contribution < 1.29 is 8.42 Å². The summed E-state index contributed by atoms with van der Waals surface area (Å²) in [6, 6.07) is 5.19. The van der Waals surface area contributed by atoms with Gasteiger partial charge in [-0.2, -0.15) is 4.31 Å². The third-order valence-corrected chi connectivity index (χ3v) is 6.54. The van der Waals surface area contributed by atoms with Gasteiger partial charge in [-0.25, -0.2) is 8.42 Å². The molecule has 20 heavy (non-hydrogen) atoms. The summed E-state index contributed by atoms with van der Waals surface area (Å²) >= 11 is 3.36. The van der Waals surface area contributed by atoms with Crippen LogP contribution in [-0.2, 0) is 16.6 Å². The van der Waals surface area contributed by atoms with Crippen LogP contribution in [0.5, 0.6) is 0 Å². The van der Waals surface area contributed by atoms with E-state index in [1.807, 2.05) is 0 Å². The van der Waals surface area contributed by atoms with Gasteiger partial charge >= 0.3 is 0 Å². The van der Waals surface area contributed by atoms with E-state index in [1.54, 1.807) is 22.5 Å². The van der Waals surface area contributed by atoms with Crippen molar-refractivity contribution >= 4 is 26.0 Å². The molecule has 0 aromatic heterocycles. The van der Waals surface area contributed by atoms with Gasteiger partial charge in [-0.15, -0.1) is 0 Å². The summed E-state index contributed by atoms with van der Waals surface area (Å²) in [7, 11) is -3.44. The second-order valence-electron chi connectivity index (χ2n) is 6.08. The van der Waals surface area contributed by atoms with E-state index in [2.05, 4.69) is 29.8 Å². The molecule has 0 radical (unpaired) electrons. The maximum atomic E-state index is 12.8. The van der Waals surface area contributed by atoms with E-state index in [1.165, 1.54) is 0 Å². The van der Waals surface area contributed by atoms with Gasteiger partial charge in [0.2, 0.25) is 10.0 Å². The van der Waals surface area contributed by atoms with Crippen LogP contribution in [0.2, 0.25) is 0 Å². The van der Waals surface area contributed by atoms with Crippen molar-refractivity contribution in [2.75, 3.05) is 13.1 Å². The summed E-state index contributed by atoms with van der Waals surface area (Å²) in [5, 5.41) is 0. The Kier molecular flexibility index (Phi) is 4.59. The maximum absolute atomic E-state index is 12.8. The molecule has 1 aromatic rings. The van der Waals surface area contributed by atoms with Gasteiger partial charge in [0.25, 0.3) is 0 Å². The molecule has 0 atom stereocenters. The highest BCUT2D eigenvalue weighted by molar-refractivity contribution is 9.10. The topological polar surface area (TPSA) is 63.4 Å². The molecular weight excluding hydrogens is 340 g/mol. The van der Waals surface area contributed by atoms with Gasteiger partial charge in [0.05, 0.1) is 4.90 Å². The zero-order valence-electron chi connectivity index (χ0n) is 11.9. The predicted octanol–water partition coefficient (Wildman–Crippen LogP) is 2.72. The van der Waals surface area contributed by atoms with Crippen LogP contribution in [0.3, 0.4) is 0 Å². The molecular formula is C14H21BrN2O2S. The van der Waals surface area contributed by atoms with Crippen molar-refractivity contribution in [2.45, 2.75) is 38.1 Å².